The van der Waals surface area contributed by atoms with Crippen molar-refractivity contribution in [1.29, 1.82) is 0 Å². The van der Waals surface area contributed by atoms with Crippen LogP contribution in [0.4, 0.5) is 0 Å². The summed E-state index contributed by atoms with van der Waals surface area (Å²) >= 11 is 0. The predicted octanol–water partition coefficient (Wildman–Crippen LogP) is 0.108. The molecule has 0 radical (unpaired) electrons. The summed E-state index contributed by atoms with van der Waals surface area (Å²) in [5.41, 5.74) is 5.66. The van der Waals surface area contributed by atoms with Gasteiger partial charge >= 0.3 is 5.97 Å². The highest BCUT2D eigenvalue weighted by atomic mass is 16.4. The van der Waals surface area contributed by atoms with Crippen LogP contribution >= 0.6 is 0 Å². The van der Waals surface area contributed by atoms with Crippen LogP contribution in [0.3, 0.4) is 0 Å². The summed E-state index contributed by atoms with van der Waals surface area (Å²) < 4.78 is 0. The molecular formula is C7H14N2O2. The summed E-state index contributed by atoms with van der Waals surface area (Å²) in [6, 6.07) is -0.407. The van der Waals surface area contributed by atoms with E-state index in [1.54, 1.807) is 0 Å². The Hall–Kier alpha value is -0.610. The summed E-state index contributed by atoms with van der Waals surface area (Å²) in [7, 11) is 0. The Labute approximate surface area is 65.9 Å². The van der Waals surface area contributed by atoms with Gasteiger partial charge in [-0.3, -0.25) is 10.2 Å². The van der Waals surface area contributed by atoms with Gasteiger partial charge in [-0.05, 0) is 12.8 Å². The first-order chi connectivity index (χ1) is 5.30. The van der Waals surface area contributed by atoms with Gasteiger partial charge in [-0.1, -0.05) is 12.8 Å². The van der Waals surface area contributed by atoms with Gasteiger partial charge in [-0.2, -0.15) is 0 Å². The van der Waals surface area contributed by atoms with Crippen LogP contribution in [0.5, 0.6) is 0 Å². The first kappa shape index (κ1) is 8.49. The summed E-state index contributed by atoms with van der Waals surface area (Å²) in [5, 5.41) is 8.65. The van der Waals surface area contributed by atoms with Crippen LogP contribution in [0.25, 0.3) is 0 Å². The fourth-order valence-corrected chi connectivity index (χ4v) is 1.19. The van der Waals surface area contributed by atoms with Gasteiger partial charge in [0.1, 0.15) is 6.04 Å². The predicted molar refractivity (Wildman–Crippen MR) is 41.0 cm³/mol. The smallest absolute Gasteiger partial charge is 0.322 e. The van der Waals surface area contributed by atoms with Crippen molar-refractivity contribution in [2.45, 2.75) is 31.7 Å². The number of carbonyl (C=O) groups is 1. The average molecular weight is 158 g/mol. The standard InChI is InChI=1S/C7H14N2O2/c10-7(11)6-4-2-1-3-5-8-9-6/h6,8-9H,1-5H2,(H,10,11). The molecule has 64 valence electrons. The zero-order valence-electron chi connectivity index (χ0n) is 6.47. The van der Waals surface area contributed by atoms with Crippen molar-refractivity contribution in [3.8, 4) is 0 Å². The highest BCUT2D eigenvalue weighted by Crippen LogP contribution is 2.05. The first-order valence-corrected chi connectivity index (χ1v) is 4.02. The number of carboxylic acid groups (broad SMARTS) is 1. The van der Waals surface area contributed by atoms with Gasteiger partial charge in [0.2, 0.25) is 0 Å². The van der Waals surface area contributed by atoms with Crippen LogP contribution in [-0.4, -0.2) is 23.7 Å². The van der Waals surface area contributed by atoms with Crippen LogP contribution in [0.2, 0.25) is 0 Å². The molecule has 0 bridgehead atoms. The van der Waals surface area contributed by atoms with E-state index in [-0.39, 0.29) is 0 Å². The van der Waals surface area contributed by atoms with Gasteiger partial charge in [0.25, 0.3) is 0 Å². The molecule has 4 heteroatoms. The lowest BCUT2D eigenvalue weighted by atomic mass is 10.1. The van der Waals surface area contributed by atoms with Gasteiger partial charge in [0.15, 0.2) is 0 Å². The minimum Gasteiger partial charge on any atom is -0.480 e. The minimum atomic E-state index is -0.764. The molecule has 1 rings (SSSR count). The zero-order chi connectivity index (χ0) is 8.10. The van der Waals surface area contributed by atoms with E-state index in [4.69, 9.17) is 5.11 Å². The Morgan fingerprint density at radius 3 is 2.91 bits per heavy atom. The van der Waals surface area contributed by atoms with E-state index in [1.807, 2.05) is 0 Å². The van der Waals surface area contributed by atoms with Crippen molar-refractivity contribution in [1.82, 2.24) is 10.9 Å². The van der Waals surface area contributed by atoms with Crippen molar-refractivity contribution in [2.24, 2.45) is 0 Å². The van der Waals surface area contributed by atoms with E-state index < -0.39 is 12.0 Å². The van der Waals surface area contributed by atoms with E-state index >= 15 is 0 Å². The normalized spacial score (nSPS) is 27.1. The summed E-state index contributed by atoms with van der Waals surface area (Å²) in [6.07, 6.45) is 3.98. The Kier molecular flexibility index (Phi) is 3.32. The third kappa shape index (κ3) is 2.86. The fourth-order valence-electron chi connectivity index (χ4n) is 1.19. The van der Waals surface area contributed by atoms with Crippen LogP contribution in [-0.2, 0) is 4.79 Å². The van der Waals surface area contributed by atoms with Gasteiger partial charge in [0, 0.05) is 6.54 Å². The van der Waals surface area contributed by atoms with Crippen molar-refractivity contribution in [3.63, 3.8) is 0 Å². The first-order valence-electron chi connectivity index (χ1n) is 4.02. The molecular weight excluding hydrogens is 144 g/mol. The Bertz CT molecular complexity index is 130. The molecule has 1 heterocycles. The molecule has 0 aliphatic carbocycles. The van der Waals surface area contributed by atoms with Crippen molar-refractivity contribution in [3.05, 3.63) is 0 Å². The number of aliphatic carboxylic acids is 1. The highest BCUT2D eigenvalue weighted by molar-refractivity contribution is 5.73. The molecule has 1 unspecified atom stereocenters. The Morgan fingerprint density at radius 1 is 1.36 bits per heavy atom. The molecule has 0 amide bonds. The number of hydrogen-bond acceptors (Lipinski definition) is 3. The van der Waals surface area contributed by atoms with E-state index in [0.29, 0.717) is 0 Å². The SMILES string of the molecule is O=C(O)C1CCCCCNN1. The monoisotopic (exact) mass is 158 g/mol. The van der Waals surface area contributed by atoms with Crippen molar-refractivity contribution < 1.29 is 9.90 Å². The number of nitrogens with one attached hydrogen (secondary N) is 2. The molecule has 1 aliphatic rings. The van der Waals surface area contributed by atoms with E-state index in [2.05, 4.69) is 10.9 Å². The third-order valence-corrected chi connectivity index (χ3v) is 1.87. The van der Waals surface area contributed by atoms with E-state index in [9.17, 15) is 4.79 Å². The van der Waals surface area contributed by atoms with Gasteiger partial charge in [-0.15, -0.1) is 0 Å². The lowest BCUT2D eigenvalue weighted by Gasteiger charge is -2.17. The molecule has 0 aromatic carbocycles. The number of carboxylic acids is 1. The molecule has 0 aromatic rings. The molecule has 4 nitrogen and oxygen atoms in total. The number of hydrogen-bond donors (Lipinski definition) is 3. The minimum absolute atomic E-state index is 0.407. The highest BCUT2D eigenvalue weighted by Gasteiger charge is 2.16. The van der Waals surface area contributed by atoms with E-state index in [0.717, 1.165) is 32.2 Å². The second-order valence-electron chi connectivity index (χ2n) is 2.81. The van der Waals surface area contributed by atoms with Gasteiger partial charge in [-0.25, -0.2) is 5.43 Å². The molecule has 11 heavy (non-hydrogen) atoms. The maximum atomic E-state index is 10.5. The molecule has 1 fully saturated rings. The molecule has 0 aromatic heterocycles. The number of rotatable bonds is 1. The van der Waals surface area contributed by atoms with Crippen molar-refractivity contribution in [2.75, 3.05) is 6.54 Å². The molecule has 1 atom stereocenters. The lowest BCUT2D eigenvalue weighted by Crippen LogP contribution is -2.46. The molecule has 1 saturated heterocycles. The summed E-state index contributed by atoms with van der Waals surface area (Å²) in [4.78, 5) is 10.5. The molecule has 0 spiro atoms. The fraction of sp³-hybridized carbons (Fsp3) is 0.857. The van der Waals surface area contributed by atoms with Crippen molar-refractivity contribution >= 4 is 5.97 Å². The largest absolute Gasteiger partial charge is 0.480 e. The summed E-state index contributed by atoms with van der Waals surface area (Å²) in [5.74, 6) is -0.764. The third-order valence-electron chi connectivity index (χ3n) is 1.87. The molecule has 0 saturated carbocycles. The quantitative estimate of drug-likeness (QED) is 0.507. The van der Waals surface area contributed by atoms with Gasteiger partial charge in [0.05, 0.1) is 0 Å². The Morgan fingerprint density at radius 2 is 2.18 bits per heavy atom. The van der Waals surface area contributed by atoms with Crippen LogP contribution in [0, 0.1) is 0 Å². The maximum Gasteiger partial charge on any atom is 0.322 e. The average Bonchev–Trinajstić information content (AvgIpc) is 1.84. The Balaban J connectivity index is 2.32. The van der Waals surface area contributed by atoms with Crippen LogP contribution in [0.15, 0.2) is 0 Å². The second kappa shape index (κ2) is 4.31. The molecule has 1 aliphatic heterocycles. The molecule has 3 N–H and O–H groups in total. The number of hydrazine groups is 1. The van der Waals surface area contributed by atoms with E-state index in [1.165, 1.54) is 0 Å². The zero-order valence-corrected chi connectivity index (χ0v) is 6.47. The second-order valence-corrected chi connectivity index (χ2v) is 2.81. The maximum absolute atomic E-state index is 10.5. The lowest BCUT2D eigenvalue weighted by molar-refractivity contribution is -0.140. The van der Waals surface area contributed by atoms with Gasteiger partial charge < -0.3 is 5.11 Å². The summed E-state index contributed by atoms with van der Waals surface area (Å²) in [6.45, 7) is 0.865. The van der Waals surface area contributed by atoms with Crippen LogP contribution in [0.1, 0.15) is 25.7 Å². The van der Waals surface area contributed by atoms with Crippen LogP contribution < -0.4 is 10.9 Å². The topological polar surface area (TPSA) is 61.4 Å².